The van der Waals surface area contributed by atoms with Crippen molar-refractivity contribution in [2.45, 2.75) is 26.3 Å². The lowest BCUT2D eigenvalue weighted by Crippen LogP contribution is -2.26. The first-order chi connectivity index (χ1) is 9.04. The first-order valence-electron chi connectivity index (χ1n) is 6.17. The lowest BCUT2D eigenvalue weighted by Gasteiger charge is -2.17. The average molecular weight is 284 g/mol. The molecule has 0 aliphatic heterocycles. The third-order valence-electron chi connectivity index (χ3n) is 2.64. The van der Waals surface area contributed by atoms with Gasteiger partial charge in [-0.25, -0.2) is 0 Å². The number of esters is 1. The fraction of sp³-hybridized carbons (Fsp3) is 0.429. The van der Waals surface area contributed by atoms with E-state index in [1.165, 1.54) is 0 Å². The van der Waals surface area contributed by atoms with Crippen LogP contribution in [-0.2, 0) is 20.9 Å². The standard InChI is InChI=1S/C14H18ClNO3/c1-3-19-14(18)9-8-13(17)16(2)10-11-6-4-5-7-12(11)15/h4-7H,3,8-10H2,1-2H3. The van der Waals surface area contributed by atoms with Gasteiger partial charge in [-0.15, -0.1) is 0 Å². The number of hydrogen-bond donors (Lipinski definition) is 0. The summed E-state index contributed by atoms with van der Waals surface area (Å²) in [5.41, 5.74) is 0.885. The number of carbonyl (C=O) groups is 2. The second-order valence-electron chi connectivity index (χ2n) is 4.15. The molecule has 0 bridgehead atoms. The largest absolute Gasteiger partial charge is 0.466 e. The Morgan fingerprint density at radius 1 is 1.26 bits per heavy atom. The highest BCUT2D eigenvalue weighted by Gasteiger charge is 2.13. The monoisotopic (exact) mass is 283 g/mol. The van der Waals surface area contributed by atoms with E-state index in [0.717, 1.165) is 5.56 Å². The van der Waals surface area contributed by atoms with Crippen molar-refractivity contribution >= 4 is 23.5 Å². The topological polar surface area (TPSA) is 46.6 Å². The number of hydrogen-bond acceptors (Lipinski definition) is 3. The Labute approximate surface area is 118 Å². The summed E-state index contributed by atoms with van der Waals surface area (Å²) < 4.78 is 4.78. The normalized spacial score (nSPS) is 10.1. The highest BCUT2D eigenvalue weighted by atomic mass is 35.5. The zero-order chi connectivity index (χ0) is 14.3. The van der Waals surface area contributed by atoms with Gasteiger partial charge in [-0.1, -0.05) is 29.8 Å². The van der Waals surface area contributed by atoms with Crippen LogP contribution in [0.1, 0.15) is 25.3 Å². The molecule has 0 aliphatic carbocycles. The molecule has 0 aliphatic rings. The van der Waals surface area contributed by atoms with Gasteiger partial charge in [0.25, 0.3) is 0 Å². The molecule has 1 amide bonds. The van der Waals surface area contributed by atoms with Gasteiger partial charge in [0.05, 0.1) is 13.0 Å². The second kappa shape index (κ2) is 7.79. The Kier molecular flexibility index (Phi) is 6.36. The number of halogens is 1. The number of carbonyl (C=O) groups excluding carboxylic acids is 2. The van der Waals surface area contributed by atoms with Crippen molar-refractivity contribution < 1.29 is 14.3 Å². The van der Waals surface area contributed by atoms with Crippen molar-refractivity contribution in [1.29, 1.82) is 0 Å². The minimum absolute atomic E-state index is 0.104. The first-order valence-corrected chi connectivity index (χ1v) is 6.55. The molecular weight excluding hydrogens is 266 g/mol. The number of nitrogens with zero attached hydrogens (tertiary/aromatic N) is 1. The Morgan fingerprint density at radius 3 is 2.58 bits per heavy atom. The smallest absolute Gasteiger partial charge is 0.306 e. The van der Waals surface area contributed by atoms with Crippen LogP contribution in [0.25, 0.3) is 0 Å². The van der Waals surface area contributed by atoms with Gasteiger partial charge < -0.3 is 9.64 Å². The molecule has 0 heterocycles. The minimum Gasteiger partial charge on any atom is -0.466 e. The van der Waals surface area contributed by atoms with Crippen LogP contribution >= 0.6 is 11.6 Å². The average Bonchev–Trinajstić information content (AvgIpc) is 2.39. The van der Waals surface area contributed by atoms with E-state index in [1.54, 1.807) is 24.9 Å². The Morgan fingerprint density at radius 2 is 1.95 bits per heavy atom. The molecule has 1 aromatic carbocycles. The molecule has 0 spiro atoms. The fourth-order valence-corrected chi connectivity index (χ4v) is 1.80. The van der Waals surface area contributed by atoms with Gasteiger partial charge in [-0.05, 0) is 18.6 Å². The molecule has 0 saturated heterocycles. The molecular formula is C14H18ClNO3. The van der Waals surface area contributed by atoms with Crippen LogP contribution < -0.4 is 0 Å². The maximum Gasteiger partial charge on any atom is 0.306 e. The maximum absolute atomic E-state index is 11.8. The van der Waals surface area contributed by atoms with Crippen molar-refractivity contribution in [3.05, 3.63) is 34.9 Å². The lowest BCUT2D eigenvalue weighted by atomic mass is 10.2. The molecule has 0 radical (unpaired) electrons. The molecule has 0 fully saturated rings. The zero-order valence-corrected chi connectivity index (χ0v) is 11.9. The molecule has 1 rings (SSSR count). The molecule has 104 valence electrons. The van der Waals surface area contributed by atoms with E-state index in [4.69, 9.17) is 16.3 Å². The van der Waals surface area contributed by atoms with Crippen molar-refractivity contribution in [1.82, 2.24) is 4.90 Å². The number of ether oxygens (including phenoxy) is 1. The molecule has 0 aromatic heterocycles. The van der Waals surface area contributed by atoms with Crippen molar-refractivity contribution in [3.8, 4) is 0 Å². The molecule has 4 nitrogen and oxygen atoms in total. The van der Waals surface area contributed by atoms with Gasteiger partial charge >= 0.3 is 5.97 Å². The van der Waals surface area contributed by atoms with E-state index in [9.17, 15) is 9.59 Å². The van der Waals surface area contributed by atoms with Crippen molar-refractivity contribution in [3.63, 3.8) is 0 Å². The highest BCUT2D eigenvalue weighted by Crippen LogP contribution is 2.16. The van der Waals surface area contributed by atoms with E-state index in [-0.39, 0.29) is 24.7 Å². The summed E-state index contributed by atoms with van der Waals surface area (Å²) in [5.74, 6) is -0.449. The van der Waals surface area contributed by atoms with Gasteiger partial charge in [-0.2, -0.15) is 0 Å². The Hall–Kier alpha value is -1.55. The first kappa shape index (κ1) is 15.5. The number of amides is 1. The van der Waals surface area contributed by atoms with E-state index in [2.05, 4.69) is 0 Å². The van der Waals surface area contributed by atoms with Crippen LogP contribution in [0.2, 0.25) is 5.02 Å². The highest BCUT2D eigenvalue weighted by molar-refractivity contribution is 6.31. The van der Waals surface area contributed by atoms with Gasteiger partial charge in [0.2, 0.25) is 5.91 Å². The van der Waals surface area contributed by atoms with E-state index in [1.807, 2.05) is 18.2 Å². The van der Waals surface area contributed by atoms with Crippen molar-refractivity contribution in [2.75, 3.05) is 13.7 Å². The second-order valence-corrected chi connectivity index (χ2v) is 4.55. The molecule has 0 saturated carbocycles. The Bertz CT molecular complexity index is 448. The zero-order valence-electron chi connectivity index (χ0n) is 11.2. The van der Waals surface area contributed by atoms with E-state index in [0.29, 0.717) is 18.2 Å². The molecule has 0 unspecified atom stereocenters. The number of rotatable bonds is 6. The van der Waals surface area contributed by atoms with Crippen LogP contribution in [0, 0.1) is 0 Å². The van der Waals surface area contributed by atoms with E-state index < -0.39 is 0 Å². The van der Waals surface area contributed by atoms with Gasteiger partial charge in [-0.3, -0.25) is 9.59 Å². The molecule has 19 heavy (non-hydrogen) atoms. The summed E-state index contributed by atoms with van der Waals surface area (Å²) in [6.07, 6.45) is 0.263. The summed E-state index contributed by atoms with van der Waals surface area (Å²) in [4.78, 5) is 24.6. The van der Waals surface area contributed by atoms with Crippen LogP contribution in [0.5, 0.6) is 0 Å². The predicted molar refractivity (Wildman–Crippen MR) is 73.8 cm³/mol. The molecule has 0 N–H and O–H groups in total. The van der Waals surface area contributed by atoms with Crippen LogP contribution in [0.15, 0.2) is 24.3 Å². The fourth-order valence-electron chi connectivity index (χ4n) is 1.60. The summed E-state index contributed by atoms with van der Waals surface area (Å²) >= 11 is 6.03. The molecule has 0 atom stereocenters. The Balaban J connectivity index is 2.45. The van der Waals surface area contributed by atoms with Gasteiger partial charge in [0.1, 0.15) is 0 Å². The molecule has 5 heteroatoms. The summed E-state index contributed by atoms with van der Waals surface area (Å²) in [6, 6.07) is 7.37. The van der Waals surface area contributed by atoms with Gasteiger partial charge in [0.15, 0.2) is 0 Å². The third kappa shape index (κ3) is 5.30. The number of benzene rings is 1. The minimum atomic E-state index is -0.345. The van der Waals surface area contributed by atoms with Crippen molar-refractivity contribution in [2.24, 2.45) is 0 Å². The summed E-state index contributed by atoms with van der Waals surface area (Å²) in [6.45, 7) is 2.51. The third-order valence-corrected chi connectivity index (χ3v) is 3.01. The van der Waals surface area contributed by atoms with Crippen LogP contribution in [0.4, 0.5) is 0 Å². The lowest BCUT2D eigenvalue weighted by molar-refractivity contribution is -0.145. The maximum atomic E-state index is 11.8. The summed E-state index contributed by atoms with van der Waals surface area (Å²) in [7, 11) is 1.69. The predicted octanol–water partition coefficient (Wildman–Crippen LogP) is 2.64. The SMILES string of the molecule is CCOC(=O)CCC(=O)N(C)Cc1ccccc1Cl. The van der Waals surface area contributed by atoms with Crippen LogP contribution in [-0.4, -0.2) is 30.4 Å². The summed E-state index contributed by atoms with van der Waals surface area (Å²) in [5, 5.41) is 0.632. The quantitative estimate of drug-likeness (QED) is 0.754. The molecule has 1 aromatic rings. The van der Waals surface area contributed by atoms with Gasteiger partial charge in [0, 0.05) is 25.0 Å². The van der Waals surface area contributed by atoms with Crippen LogP contribution in [0.3, 0.4) is 0 Å². The van der Waals surface area contributed by atoms with E-state index >= 15 is 0 Å².